The van der Waals surface area contributed by atoms with Crippen LogP contribution in [-0.2, 0) is 0 Å². The summed E-state index contributed by atoms with van der Waals surface area (Å²) in [6.45, 7) is 21.3. The molecule has 0 aromatic rings. The zero-order valence-electron chi connectivity index (χ0n) is 13.8. The van der Waals surface area contributed by atoms with Gasteiger partial charge in [0.15, 0.2) is 0 Å². The lowest BCUT2D eigenvalue weighted by Crippen LogP contribution is -2.26. The first kappa shape index (κ1) is 20.8. The van der Waals surface area contributed by atoms with Crippen LogP contribution in [0.15, 0.2) is 61.0 Å². The summed E-state index contributed by atoms with van der Waals surface area (Å²) in [5, 5.41) is 6.62. The average Bonchev–Trinajstić information content (AvgIpc) is 2.55. The number of hydrogen-bond acceptors (Lipinski definition) is 2. The van der Waals surface area contributed by atoms with Crippen molar-refractivity contribution in [3.8, 4) is 0 Å². The monoisotopic (exact) mass is 276 g/mol. The maximum atomic E-state index is 3.87. The van der Waals surface area contributed by atoms with Crippen molar-refractivity contribution in [2.24, 2.45) is 0 Å². The lowest BCUT2D eigenvalue weighted by molar-refractivity contribution is 0.699. The summed E-state index contributed by atoms with van der Waals surface area (Å²) in [6.07, 6.45) is 9.91. The van der Waals surface area contributed by atoms with E-state index in [4.69, 9.17) is 0 Å². The Kier molecular flexibility index (Phi) is 16.1. The Morgan fingerprint density at radius 3 is 2.40 bits per heavy atom. The van der Waals surface area contributed by atoms with Crippen LogP contribution < -0.4 is 10.6 Å². The molecule has 2 N–H and O–H groups in total. The fourth-order valence-corrected chi connectivity index (χ4v) is 1.54. The molecule has 2 heteroatoms. The molecule has 114 valence electrons. The van der Waals surface area contributed by atoms with Crippen LogP contribution in [0.1, 0.15) is 40.5 Å². The molecule has 0 saturated heterocycles. The van der Waals surface area contributed by atoms with Gasteiger partial charge in [-0.25, -0.2) is 0 Å². The third-order valence-corrected chi connectivity index (χ3v) is 2.40. The second kappa shape index (κ2) is 15.5. The van der Waals surface area contributed by atoms with E-state index in [2.05, 4.69) is 42.5 Å². The first-order valence-electron chi connectivity index (χ1n) is 7.57. The Morgan fingerprint density at radius 2 is 1.95 bits per heavy atom. The average molecular weight is 276 g/mol. The van der Waals surface area contributed by atoms with E-state index in [1.54, 1.807) is 6.08 Å². The maximum absolute atomic E-state index is 3.87. The normalized spacial score (nSPS) is 13.6. The largest absolute Gasteiger partial charge is 0.356 e. The molecule has 0 atom stereocenters. The molecule has 1 heterocycles. The molecule has 0 radical (unpaired) electrons. The predicted molar refractivity (Wildman–Crippen MR) is 93.6 cm³/mol. The summed E-state index contributed by atoms with van der Waals surface area (Å²) in [7, 11) is 0. The molecule has 0 bridgehead atoms. The molecule has 1 rings (SSSR count). The molecule has 0 spiro atoms. The van der Waals surface area contributed by atoms with Crippen LogP contribution >= 0.6 is 0 Å². The van der Waals surface area contributed by atoms with Crippen molar-refractivity contribution in [3.63, 3.8) is 0 Å². The quantitative estimate of drug-likeness (QED) is 0.542. The van der Waals surface area contributed by atoms with Crippen molar-refractivity contribution in [3.05, 3.63) is 61.0 Å². The third kappa shape index (κ3) is 9.40. The lowest BCUT2D eigenvalue weighted by atomic mass is 10.1. The summed E-state index contributed by atoms with van der Waals surface area (Å²) in [5.74, 6) is 0. The molecule has 1 aliphatic heterocycles. The standard InChI is InChI=1S/C14H20N2.2C2H6/c1-4-6-9-14(16-12(3)5-2)13-8-7-10-15-11-13;2*1-2/h4-5,8-9,15-16H,1-3,6-7,10-11H2;2*1-2H3/b14-9-;;. The van der Waals surface area contributed by atoms with Crippen LogP contribution in [0.2, 0.25) is 0 Å². The fourth-order valence-electron chi connectivity index (χ4n) is 1.54. The molecule has 0 unspecified atom stereocenters. The Morgan fingerprint density at radius 1 is 1.30 bits per heavy atom. The van der Waals surface area contributed by atoms with Crippen LogP contribution in [0.25, 0.3) is 0 Å². The smallest absolute Gasteiger partial charge is 0.0389 e. The van der Waals surface area contributed by atoms with E-state index in [1.165, 1.54) is 5.57 Å². The minimum absolute atomic E-state index is 0.821. The fraction of sp³-hybridized carbons (Fsp3) is 0.444. The summed E-state index contributed by atoms with van der Waals surface area (Å²) >= 11 is 0. The van der Waals surface area contributed by atoms with Crippen molar-refractivity contribution in [1.29, 1.82) is 0 Å². The minimum atomic E-state index is 0.821. The van der Waals surface area contributed by atoms with Crippen LogP contribution in [0.4, 0.5) is 0 Å². The molecular weight excluding hydrogens is 244 g/mol. The highest BCUT2D eigenvalue weighted by molar-refractivity contribution is 5.35. The van der Waals surface area contributed by atoms with E-state index >= 15 is 0 Å². The van der Waals surface area contributed by atoms with E-state index in [-0.39, 0.29) is 0 Å². The highest BCUT2D eigenvalue weighted by atomic mass is 14.9. The number of rotatable bonds is 6. The van der Waals surface area contributed by atoms with Gasteiger partial charge in [-0.15, -0.1) is 6.58 Å². The van der Waals surface area contributed by atoms with Crippen LogP contribution in [0.5, 0.6) is 0 Å². The van der Waals surface area contributed by atoms with Gasteiger partial charge in [-0.2, -0.15) is 0 Å². The van der Waals surface area contributed by atoms with Crippen LogP contribution in [0.3, 0.4) is 0 Å². The summed E-state index contributed by atoms with van der Waals surface area (Å²) in [6, 6.07) is 0. The van der Waals surface area contributed by atoms with Gasteiger partial charge in [-0.1, -0.05) is 59.1 Å². The van der Waals surface area contributed by atoms with Crippen molar-refractivity contribution < 1.29 is 0 Å². The molecule has 0 aromatic carbocycles. The lowest BCUT2D eigenvalue weighted by Gasteiger charge is -2.19. The SMILES string of the molecule is C=CC/C=C(\NC(=C)C=C)C1=CCCNC1.CC.CC. The second-order valence-corrected chi connectivity index (χ2v) is 3.69. The molecule has 0 aliphatic carbocycles. The first-order chi connectivity index (χ1) is 9.77. The molecule has 1 aliphatic rings. The van der Waals surface area contributed by atoms with Crippen molar-refractivity contribution in [2.75, 3.05) is 13.1 Å². The van der Waals surface area contributed by atoms with Gasteiger partial charge < -0.3 is 10.6 Å². The molecule has 0 saturated carbocycles. The Balaban J connectivity index is 0. The Bertz CT molecular complexity index is 335. The van der Waals surface area contributed by atoms with Crippen molar-refractivity contribution >= 4 is 0 Å². The van der Waals surface area contributed by atoms with Crippen LogP contribution in [-0.4, -0.2) is 13.1 Å². The zero-order valence-corrected chi connectivity index (χ0v) is 13.8. The Labute approximate surface area is 126 Å². The minimum Gasteiger partial charge on any atom is -0.356 e. The molecule has 0 aromatic heterocycles. The second-order valence-electron chi connectivity index (χ2n) is 3.69. The van der Waals surface area contributed by atoms with Crippen molar-refractivity contribution in [1.82, 2.24) is 10.6 Å². The van der Waals surface area contributed by atoms with Gasteiger partial charge in [0, 0.05) is 17.9 Å². The molecule has 2 nitrogen and oxygen atoms in total. The summed E-state index contributed by atoms with van der Waals surface area (Å²) in [4.78, 5) is 0. The number of allylic oxidation sites excluding steroid dienone is 3. The van der Waals surface area contributed by atoms with Crippen molar-refractivity contribution in [2.45, 2.75) is 40.5 Å². The van der Waals surface area contributed by atoms with E-state index < -0.39 is 0 Å². The topological polar surface area (TPSA) is 24.1 Å². The maximum Gasteiger partial charge on any atom is 0.0389 e. The van der Waals surface area contributed by atoms with E-state index in [0.29, 0.717) is 0 Å². The van der Waals surface area contributed by atoms with Gasteiger partial charge >= 0.3 is 0 Å². The zero-order chi connectivity index (χ0) is 15.8. The van der Waals surface area contributed by atoms with E-state index in [0.717, 1.165) is 37.3 Å². The molecule has 0 amide bonds. The first-order valence-corrected chi connectivity index (χ1v) is 7.57. The number of nitrogens with one attached hydrogen (secondary N) is 2. The van der Waals surface area contributed by atoms with Gasteiger partial charge in [-0.3, -0.25) is 0 Å². The predicted octanol–water partition coefficient (Wildman–Crippen LogP) is 4.71. The van der Waals surface area contributed by atoms with Gasteiger partial charge in [-0.05, 0) is 31.0 Å². The van der Waals surface area contributed by atoms with Crippen LogP contribution in [0, 0.1) is 0 Å². The van der Waals surface area contributed by atoms with E-state index in [9.17, 15) is 0 Å². The van der Waals surface area contributed by atoms with E-state index in [1.807, 2.05) is 33.8 Å². The number of hydrogen-bond donors (Lipinski definition) is 2. The summed E-state index contributed by atoms with van der Waals surface area (Å²) in [5.41, 5.74) is 3.22. The van der Waals surface area contributed by atoms with Gasteiger partial charge in [0.2, 0.25) is 0 Å². The highest BCUT2D eigenvalue weighted by Gasteiger charge is 2.07. The highest BCUT2D eigenvalue weighted by Crippen LogP contribution is 2.13. The third-order valence-electron chi connectivity index (χ3n) is 2.40. The molecule has 0 fully saturated rings. The van der Waals surface area contributed by atoms with Gasteiger partial charge in [0.25, 0.3) is 0 Å². The van der Waals surface area contributed by atoms with Gasteiger partial charge in [0.1, 0.15) is 0 Å². The van der Waals surface area contributed by atoms with Gasteiger partial charge in [0.05, 0.1) is 0 Å². The summed E-state index contributed by atoms with van der Waals surface area (Å²) < 4.78 is 0. The molecule has 20 heavy (non-hydrogen) atoms. The molecular formula is C18H32N2. The Hall–Kier alpha value is -1.54.